The predicted molar refractivity (Wildman–Crippen MR) is 93.6 cm³/mol. The van der Waals surface area contributed by atoms with E-state index < -0.39 is 0 Å². The maximum atomic E-state index is 12.1. The standard InChI is InChI=1S/C19H30N2O2/c1-14-5-4-6-16(11-14)19(2,3)13-20-18(23)21-17-9-7-15(12-22)8-10-17/h4-6,11,15,17,22H,7-10,12-13H2,1-3H3,(H2,20,21,23). The van der Waals surface area contributed by atoms with Gasteiger partial charge in [0.05, 0.1) is 0 Å². The third-order valence-corrected chi connectivity index (χ3v) is 4.93. The lowest BCUT2D eigenvalue weighted by Crippen LogP contribution is -2.47. The quantitative estimate of drug-likeness (QED) is 0.781. The highest BCUT2D eigenvalue weighted by atomic mass is 16.3. The Morgan fingerprint density at radius 3 is 2.57 bits per heavy atom. The van der Waals surface area contributed by atoms with Gasteiger partial charge in [-0.1, -0.05) is 43.7 Å². The van der Waals surface area contributed by atoms with Crippen molar-refractivity contribution in [1.29, 1.82) is 0 Å². The van der Waals surface area contributed by atoms with E-state index in [0.29, 0.717) is 12.5 Å². The summed E-state index contributed by atoms with van der Waals surface area (Å²) in [6.45, 7) is 7.25. The summed E-state index contributed by atoms with van der Waals surface area (Å²) in [6.07, 6.45) is 3.91. The van der Waals surface area contributed by atoms with Crippen LogP contribution in [0.1, 0.15) is 50.7 Å². The predicted octanol–water partition coefficient (Wildman–Crippen LogP) is 3.12. The number of amides is 2. The van der Waals surface area contributed by atoms with E-state index in [4.69, 9.17) is 5.11 Å². The Hall–Kier alpha value is -1.55. The van der Waals surface area contributed by atoms with Crippen LogP contribution in [-0.4, -0.2) is 30.3 Å². The number of carbonyl (C=O) groups excluding carboxylic acids is 1. The van der Waals surface area contributed by atoms with Gasteiger partial charge in [-0.05, 0) is 44.1 Å². The molecule has 3 N–H and O–H groups in total. The normalized spacial score (nSPS) is 21.7. The number of rotatable bonds is 5. The average Bonchev–Trinajstić information content (AvgIpc) is 2.54. The Morgan fingerprint density at radius 2 is 1.96 bits per heavy atom. The van der Waals surface area contributed by atoms with E-state index >= 15 is 0 Å². The summed E-state index contributed by atoms with van der Waals surface area (Å²) in [4.78, 5) is 12.1. The minimum Gasteiger partial charge on any atom is -0.396 e. The number of carbonyl (C=O) groups is 1. The molecule has 0 atom stereocenters. The Bertz CT molecular complexity index is 520. The molecule has 0 aliphatic heterocycles. The van der Waals surface area contributed by atoms with E-state index in [1.807, 2.05) is 0 Å². The molecule has 1 saturated carbocycles. The molecule has 1 aliphatic rings. The first kappa shape index (κ1) is 17.8. The summed E-state index contributed by atoms with van der Waals surface area (Å²) in [5.41, 5.74) is 2.37. The number of aryl methyl sites for hydroxylation is 1. The van der Waals surface area contributed by atoms with Gasteiger partial charge in [0.15, 0.2) is 0 Å². The number of aliphatic hydroxyl groups excluding tert-OH is 1. The molecule has 0 aromatic heterocycles. The first-order valence-corrected chi connectivity index (χ1v) is 8.63. The minimum atomic E-state index is -0.0993. The van der Waals surface area contributed by atoms with Crippen LogP contribution in [0.15, 0.2) is 24.3 Å². The van der Waals surface area contributed by atoms with E-state index in [1.165, 1.54) is 11.1 Å². The molecule has 128 valence electrons. The second kappa shape index (κ2) is 7.82. The largest absolute Gasteiger partial charge is 0.396 e. The van der Waals surface area contributed by atoms with Crippen molar-refractivity contribution < 1.29 is 9.90 Å². The third-order valence-electron chi connectivity index (χ3n) is 4.93. The first-order chi connectivity index (χ1) is 10.9. The Balaban J connectivity index is 1.79. The molecule has 1 aliphatic carbocycles. The molecule has 1 aromatic rings. The average molecular weight is 318 g/mol. The molecule has 0 spiro atoms. The Kier molecular flexibility index (Phi) is 6.05. The number of hydrogen-bond acceptors (Lipinski definition) is 2. The van der Waals surface area contributed by atoms with Gasteiger partial charge in [-0.25, -0.2) is 4.79 Å². The van der Waals surface area contributed by atoms with E-state index in [0.717, 1.165) is 25.7 Å². The molecule has 2 rings (SSSR count). The number of urea groups is 1. The van der Waals surface area contributed by atoms with E-state index in [1.54, 1.807) is 0 Å². The van der Waals surface area contributed by atoms with Crippen LogP contribution in [0, 0.1) is 12.8 Å². The fourth-order valence-electron chi connectivity index (χ4n) is 3.20. The monoisotopic (exact) mass is 318 g/mol. The van der Waals surface area contributed by atoms with Crippen LogP contribution in [0.4, 0.5) is 4.79 Å². The van der Waals surface area contributed by atoms with Crippen LogP contribution in [0.3, 0.4) is 0 Å². The second-order valence-electron chi connectivity index (χ2n) is 7.48. The molecule has 0 bridgehead atoms. The molecule has 0 unspecified atom stereocenters. The second-order valence-corrected chi connectivity index (χ2v) is 7.48. The van der Waals surface area contributed by atoms with Crippen LogP contribution in [-0.2, 0) is 5.41 Å². The number of aliphatic hydroxyl groups is 1. The Labute approximate surface area is 139 Å². The van der Waals surface area contributed by atoms with Crippen LogP contribution in [0.5, 0.6) is 0 Å². The lowest BCUT2D eigenvalue weighted by atomic mass is 9.84. The molecular weight excluding hydrogens is 288 g/mol. The van der Waals surface area contributed by atoms with Crippen LogP contribution in [0.25, 0.3) is 0 Å². The number of benzene rings is 1. The summed E-state index contributed by atoms with van der Waals surface area (Å²) >= 11 is 0. The fraction of sp³-hybridized carbons (Fsp3) is 0.632. The van der Waals surface area contributed by atoms with Gasteiger partial charge in [0.25, 0.3) is 0 Å². The van der Waals surface area contributed by atoms with Crippen molar-refractivity contribution in [2.24, 2.45) is 5.92 Å². The molecule has 0 heterocycles. The molecule has 4 nitrogen and oxygen atoms in total. The highest BCUT2D eigenvalue weighted by Gasteiger charge is 2.24. The van der Waals surface area contributed by atoms with Gasteiger partial charge in [0.2, 0.25) is 0 Å². The number of nitrogens with one attached hydrogen (secondary N) is 2. The van der Waals surface area contributed by atoms with Crippen molar-refractivity contribution in [1.82, 2.24) is 10.6 Å². The van der Waals surface area contributed by atoms with Gasteiger partial charge in [0, 0.05) is 24.6 Å². The summed E-state index contributed by atoms with van der Waals surface area (Å²) in [6, 6.07) is 8.59. The maximum absolute atomic E-state index is 12.1. The SMILES string of the molecule is Cc1cccc(C(C)(C)CNC(=O)NC2CCC(CO)CC2)c1. The Morgan fingerprint density at radius 1 is 1.26 bits per heavy atom. The highest BCUT2D eigenvalue weighted by molar-refractivity contribution is 5.74. The fourth-order valence-corrected chi connectivity index (χ4v) is 3.20. The third kappa shape index (κ3) is 5.24. The highest BCUT2D eigenvalue weighted by Crippen LogP contribution is 2.24. The summed E-state index contributed by atoms with van der Waals surface area (Å²) in [7, 11) is 0. The van der Waals surface area contributed by atoms with Crippen LogP contribution >= 0.6 is 0 Å². The van der Waals surface area contributed by atoms with Crippen LogP contribution < -0.4 is 10.6 Å². The molecule has 4 heteroatoms. The van der Waals surface area contributed by atoms with Gasteiger partial charge in [0.1, 0.15) is 0 Å². The molecular formula is C19H30N2O2. The van der Waals surface area contributed by atoms with Crippen molar-refractivity contribution in [2.45, 2.75) is 57.9 Å². The summed E-state index contributed by atoms with van der Waals surface area (Å²) in [5.74, 6) is 0.413. The van der Waals surface area contributed by atoms with E-state index in [-0.39, 0.29) is 24.1 Å². The topological polar surface area (TPSA) is 61.4 Å². The minimum absolute atomic E-state index is 0.0850. The van der Waals surface area contributed by atoms with Crippen molar-refractivity contribution >= 4 is 6.03 Å². The van der Waals surface area contributed by atoms with Crippen LogP contribution in [0.2, 0.25) is 0 Å². The molecule has 0 radical (unpaired) electrons. The van der Waals surface area contributed by atoms with Gasteiger partial charge in [-0.3, -0.25) is 0 Å². The van der Waals surface area contributed by atoms with Crippen molar-refractivity contribution in [3.05, 3.63) is 35.4 Å². The smallest absolute Gasteiger partial charge is 0.315 e. The number of hydrogen-bond donors (Lipinski definition) is 3. The van der Waals surface area contributed by atoms with Crippen molar-refractivity contribution in [3.8, 4) is 0 Å². The lowest BCUT2D eigenvalue weighted by molar-refractivity contribution is 0.174. The lowest BCUT2D eigenvalue weighted by Gasteiger charge is -2.29. The van der Waals surface area contributed by atoms with Crippen molar-refractivity contribution in [3.63, 3.8) is 0 Å². The molecule has 2 amide bonds. The molecule has 1 aromatic carbocycles. The van der Waals surface area contributed by atoms with Gasteiger partial charge in [-0.15, -0.1) is 0 Å². The zero-order chi connectivity index (χ0) is 16.9. The summed E-state index contributed by atoms with van der Waals surface area (Å²) < 4.78 is 0. The van der Waals surface area contributed by atoms with Gasteiger partial charge in [-0.2, -0.15) is 0 Å². The summed E-state index contributed by atoms with van der Waals surface area (Å²) in [5, 5.41) is 15.2. The zero-order valence-electron chi connectivity index (χ0n) is 14.6. The zero-order valence-corrected chi connectivity index (χ0v) is 14.6. The molecule has 0 saturated heterocycles. The molecule has 1 fully saturated rings. The van der Waals surface area contributed by atoms with Crippen molar-refractivity contribution in [2.75, 3.05) is 13.2 Å². The van der Waals surface area contributed by atoms with E-state index in [9.17, 15) is 4.79 Å². The van der Waals surface area contributed by atoms with Gasteiger partial charge < -0.3 is 15.7 Å². The van der Waals surface area contributed by atoms with E-state index in [2.05, 4.69) is 55.7 Å². The maximum Gasteiger partial charge on any atom is 0.315 e. The molecule has 23 heavy (non-hydrogen) atoms. The first-order valence-electron chi connectivity index (χ1n) is 8.63. The van der Waals surface area contributed by atoms with Gasteiger partial charge >= 0.3 is 6.03 Å².